The highest BCUT2D eigenvalue weighted by atomic mass is 16.3. The van der Waals surface area contributed by atoms with Crippen LogP contribution in [0.1, 0.15) is 67.2 Å². The van der Waals surface area contributed by atoms with Crippen molar-refractivity contribution in [3.05, 3.63) is 0 Å². The molecule has 23 heavy (non-hydrogen) atoms. The molecule has 1 unspecified atom stereocenters. The fourth-order valence-electron chi connectivity index (χ4n) is 2.65. The van der Waals surface area contributed by atoms with Gasteiger partial charge in [0, 0.05) is 12.5 Å². The van der Waals surface area contributed by atoms with Gasteiger partial charge in [0.1, 0.15) is 5.84 Å². The molecule has 1 atom stereocenters. The van der Waals surface area contributed by atoms with Gasteiger partial charge in [0.15, 0.2) is 5.54 Å². The zero-order chi connectivity index (χ0) is 17.8. The van der Waals surface area contributed by atoms with Gasteiger partial charge in [-0.3, -0.25) is 19.5 Å². The van der Waals surface area contributed by atoms with E-state index in [1.165, 1.54) is 0 Å². The van der Waals surface area contributed by atoms with E-state index in [1.54, 1.807) is 25.7 Å². The lowest BCUT2D eigenvalue weighted by Crippen LogP contribution is -2.50. The van der Waals surface area contributed by atoms with Crippen LogP contribution in [0.2, 0.25) is 0 Å². The van der Waals surface area contributed by atoms with Crippen LogP contribution in [0, 0.1) is 0 Å². The van der Waals surface area contributed by atoms with E-state index in [4.69, 9.17) is 0 Å². The Bertz CT molecular complexity index is 480. The number of aliphatic imine (C=N–C) groups is 1. The smallest absolute Gasteiger partial charge is 0.257 e. The van der Waals surface area contributed by atoms with Gasteiger partial charge in [0.25, 0.3) is 5.91 Å². The summed E-state index contributed by atoms with van der Waals surface area (Å²) in [4.78, 5) is 31.0. The first-order chi connectivity index (χ1) is 10.5. The highest BCUT2D eigenvalue weighted by molar-refractivity contribution is 6.08. The van der Waals surface area contributed by atoms with Gasteiger partial charge in [-0.15, -0.1) is 0 Å². The van der Waals surface area contributed by atoms with E-state index in [0.29, 0.717) is 0 Å². The first-order valence-corrected chi connectivity index (χ1v) is 8.41. The summed E-state index contributed by atoms with van der Waals surface area (Å²) in [5, 5.41) is 12.4. The van der Waals surface area contributed by atoms with Gasteiger partial charge in [0.2, 0.25) is 5.91 Å². The number of amidine groups is 1. The number of rotatable bonds is 8. The second kappa shape index (κ2) is 7.43. The summed E-state index contributed by atoms with van der Waals surface area (Å²) in [7, 11) is 0. The predicted molar refractivity (Wildman–Crippen MR) is 91.3 cm³/mol. The molecule has 0 aromatic rings. The van der Waals surface area contributed by atoms with Crippen molar-refractivity contribution in [1.82, 2.24) is 10.2 Å². The van der Waals surface area contributed by atoms with Crippen LogP contribution in [0.5, 0.6) is 0 Å². The van der Waals surface area contributed by atoms with Crippen LogP contribution in [-0.4, -0.2) is 51.4 Å². The molecule has 0 aromatic heterocycles. The monoisotopic (exact) mass is 325 g/mol. The van der Waals surface area contributed by atoms with Gasteiger partial charge in [-0.05, 0) is 41.0 Å². The molecule has 0 radical (unpaired) electrons. The van der Waals surface area contributed by atoms with Crippen molar-refractivity contribution in [3.8, 4) is 0 Å². The summed E-state index contributed by atoms with van der Waals surface area (Å²) in [6.45, 7) is 11.1. The van der Waals surface area contributed by atoms with Crippen LogP contribution < -0.4 is 5.32 Å². The average molecular weight is 325 g/mol. The van der Waals surface area contributed by atoms with E-state index in [1.807, 2.05) is 13.8 Å². The lowest BCUT2D eigenvalue weighted by Gasteiger charge is -2.26. The van der Waals surface area contributed by atoms with Crippen molar-refractivity contribution in [1.29, 1.82) is 0 Å². The molecule has 0 aromatic carbocycles. The zero-order valence-corrected chi connectivity index (χ0v) is 15.3. The molecule has 0 aliphatic carbocycles. The molecule has 0 saturated heterocycles. The molecular weight excluding hydrogens is 294 g/mol. The lowest BCUT2D eigenvalue weighted by atomic mass is 10.0. The maximum absolute atomic E-state index is 12.8. The number of carbonyl (C=O) groups is 2. The van der Waals surface area contributed by atoms with E-state index in [-0.39, 0.29) is 30.8 Å². The summed E-state index contributed by atoms with van der Waals surface area (Å²) in [6.07, 6.45) is 2.79. The maximum atomic E-state index is 12.8. The summed E-state index contributed by atoms with van der Waals surface area (Å²) >= 11 is 0. The quantitative estimate of drug-likeness (QED) is 0.714. The minimum atomic E-state index is -1.07. The average Bonchev–Trinajstić information content (AvgIpc) is 2.65. The second-order valence-electron chi connectivity index (χ2n) is 7.44. The number of hydrogen-bond acceptors (Lipinski definition) is 4. The van der Waals surface area contributed by atoms with Crippen molar-refractivity contribution in [3.63, 3.8) is 0 Å². The topological polar surface area (TPSA) is 82.0 Å². The van der Waals surface area contributed by atoms with E-state index in [9.17, 15) is 14.7 Å². The van der Waals surface area contributed by atoms with Crippen molar-refractivity contribution < 1.29 is 14.7 Å². The van der Waals surface area contributed by atoms with Crippen molar-refractivity contribution in [2.45, 2.75) is 84.4 Å². The Balaban J connectivity index is 2.81. The summed E-state index contributed by atoms with van der Waals surface area (Å²) < 4.78 is 0. The molecule has 2 N–H and O–H groups in total. The number of carbonyl (C=O) groups excluding carboxylic acids is 2. The van der Waals surface area contributed by atoms with Gasteiger partial charge < -0.3 is 10.4 Å². The fourth-order valence-corrected chi connectivity index (χ4v) is 2.65. The van der Waals surface area contributed by atoms with E-state index in [0.717, 1.165) is 25.1 Å². The van der Waals surface area contributed by atoms with Gasteiger partial charge >= 0.3 is 0 Å². The van der Waals surface area contributed by atoms with E-state index >= 15 is 0 Å². The molecule has 6 heteroatoms. The van der Waals surface area contributed by atoms with Gasteiger partial charge in [-0.2, -0.15) is 0 Å². The van der Waals surface area contributed by atoms with Crippen molar-refractivity contribution >= 4 is 17.6 Å². The van der Waals surface area contributed by atoms with Crippen LogP contribution >= 0.6 is 0 Å². The molecule has 132 valence electrons. The highest BCUT2D eigenvalue weighted by Gasteiger charge is 2.45. The zero-order valence-electron chi connectivity index (χ0n) is 15.3. The number of nitrogens with one attached hydrogen (secondary N) is 1. The predicted octanol–water partition coefficient (Wildman–Crippen LogP) is 1.86. The fraction of sp³-hybridized carbons (Fsp3) is 0.824. The Labute approximate surface area is 139 Å². The first kappa shape index (κ1) is 19.6. The van der Waals surface area contributed by atoms with Crippen LogP contribution in [0.4, 0.5) is 0 Å². The van der Waals surface area contributed by atoms with E-state index < -0.39 is 11.1 Å². The highest BCUT2D eigenvalue weighted by Crippen LogP contribution is 2.26. The van der Waals surface area contributed by atoms with Crippen molar-refractivity contribution in [2.24, 2.45) is 4.99 Å². The number of amides is 2. The Hall–Kier alpha value is -1.43. The molecule has 0 fully saturated rings. The second-order valence-corrected chi connectivity index (χ2v) is 7.44. The Morgan fingerprint density at radius 1 is 1.43 bits per heavy atom. The molecule has 1 aliphatic heterocycles. The maximum Gasteiger partial charge on any atom is 0.257 e. The number of unbranched alkanes of at least 4 members (excludes halogenated alkanes) is 1. The molecule has 6 nitrogen and oxygen atoms in total. The van der Waals surface area contributed by atoms with Gasteiger partial charge in [0.05, 0.1) is 18.6 Å². The third-order valence-electron chi connectivity index (χ3n) is 3.83. The number of nitrogens with zero attached hydrogens (tertiary/aromatic N) is 2. The van der Waals surface area contributed by atoms with Crippen molar-refractivity contribution in [2.75, 3.05) is 6.54 Å². The molecule has 2 amide bonds. The summed E-state index contributed by atoms with van der Waals surface area (Å²) in [5.74, 6) is 0.466. The molecule has 1 heterocycles. The largest absolute Gasteiger partial charge is 0.390 e. The van der Waals surface area contributed by atoms with Gasteiger partial charge in [-0.1, -0.05) is 13.3 Å². The molecule has 0 spiro atoms. The number of aliphatic hydroxyl groups is 1. The molecule has 1 aliphatic rings. The number of hydrogen-bond donors (Lipinski definition) is 2. The summed E-state index contributed by atoms with van der Waals surface area (Å²) in [5.41, 5.74) is -2.02. The minimum Gasteiger partial charge on any atom is -0.390 e. The molecule has 0 bridgehead atoms. The van der Waals surface area contributed by atoms with E-state index in [2.05, 4.69) is 17.2 Å². The van der Waals surface area contributed by atoms with Crippen LogP contribution in [-0.2, 0) is 9.59 Å². The van der Waals surface area contributed by atoms with Crippen LogP contribution in [0.15, 0.2) is 4.99 Å². The van der Waals surface area contributed by atoms with Crippen LogP contribution in [0.25, 0.3) is 0 Å². The Morgan fingerprint density at radius 2 is 2.04 bits per heavy atom. The van der Waals surface area contributed by atoms with Gasteiger partial charge in [-0.25, -0.2) is 0 Å². The standard InChI is InChI=1S/C17H31N3O3/c1-7-8-9-13-19-17(6,15(22)20(13)12(2)3)11-18-14(21)10-16(4,5)23/h12,23H,7-11H2,1-6H3,(H,18,21). The minimum absolute atomic E-state index is 0.00241. The summed E-state index contributed by atoms with van der Waals surface area (Å²) in [6, 6.07) is 0.0482. The molecular formula is C17H31N3O3. The third-order valence-corrected chi connectivity index (χ3v) is 3.83. The lowest BCUT2D eigenvalue weighted by molar-refractivity contribution is -0.132. The Morgan fingerprint density at radius 3 is 2.52 bits per heavy atom. The first-order valence-electron chi connectivity index (χ1n) is 8.41. The molecule has 1 rings (SSSR count). The SMILES string of the molecule is CCCCC1=NC(C)(CNC(=O)CC(C)(C)O)C(=O)N1C(C)C. The normalized spacial score (nSPS) is 21.8. The Kier molecular flexibility index (Phi) is 6.33. The molecule has 0 saturated carbocycles. The van der Waals surface area contributed by atoms with Crippen LogP contribution in [0.3, 0.4) is 0 Å². The third kappa shape index (κ3) is 5.30.